The molecule has 3 aromatic heterocycles. The first-order valence-corrected chi connectivity index (χ1v) is 24.5. The summed E-state index contributed by atoms with van der Waals surface area (Å²) in [4.78, 5) is 22.8. The molecule has 9 heteroatoms. The maximum Gasteiger partial charge on any atom is 0.184 e. The molecule has 0 N–H and O–H groups in total. The highest BCUT2D eigenvalue weighted by Gasteiger charge is 2.23. The Kier molecular flexibility index (Phi) is 10.8. The predicted molar refractivity (Wildman–Crippen MR) is 303 cm³/mol. The number of hydrogen-bond acceptors (Lipinski definition) is 5. The van der Waals surface area contributed by atoms with Crippen LogP contribution in [-0.4, -0.2) is 24.1 Å². The molecule has 13 rings (SSSR count). The molecule has 0 spiro atoms. The van der Waals surface area contributed by atoms with Crippen molar-refractivity contribution in [2.75, 3.05) is 0 Å². The minimum absolute atomic E-state index is 0.424. The first-order valence-electron chi connectivity index (χ1n) is 24.5. The van der Waals surface area contributed by atoms with E-state index in [1.54, 1.807) is 24.3 Å². The van der Waals surface area contributed by atoms with Crippen molar-refractivity contribution >= 4 is 55.0 Å². The molecule has 0 radical (unpaired) electrons. The summed E-state index contributed by atoms with van der Waals surface area (Å²) in [5.41, 5.74) is 15.3. The second-order valence-corrected chi connectivity index (χ2v) is 18.4. The molecule has 3 heterocycles. The van der Waals surface area contributed by atoms with Crippen molar-refractivity contribution in [2.45, 2.75) is 0 Å². The molecule has 0 amide bonds. The quantitative estimate of drug-likeness (QED) is 0.141. The molecule has 350 valence electrons. The topological polar surface area (TPSA) is 105 Å². The molecule has 13 aromatic rings. The van der Waals surface area contributed by atoms with Gasteiger partial charge in [-0.05, 0) is 82.9 Å². The van der Waals surface area contributed by atoms with Crippen LogP contribution in [0.5, 0.6) is 0 Å². The van der Waals surface area contributed by atoms with Gasteiger partial charge in [0.2, 0.25) is 0 Å². The Bertz CT molecular complexity index is 4630. The van der Waals surface area contributed by atoms with Crippen molar-refractivity contribution in [3.05, 3.63) is 258 Å². The molecule has 0 atom stereocenters. The van der Waals surface area contributed by atoms with Crippen LogP contribution in [0.15, 0.2) is 224 Å². The Hall–Kier alpha value is -11.2. The molecule has 0 fully saturated rings. The Balaban J connectivity index is 1.07. The van der Waals surface area contributed by atoms with Crippen molar-refractivity contribution in [1.82, 2.24) is 24.1 Å². The van der Waals surface area contributed by atoms with E-state index < -0.39 is 0 Å². The van der Waals surface area contributed by atoms with Crippen LogP contribution in [0.2, 0.25) is 0 Å². The lowest BCUT2D eigenvalue weighted by molar-refractivity contribution is 1.07. The number of fused-ring (bicyclic) bond motifs is 6. The van der Waals surface area contributed by atoms with E-state index in [0.717, 1.165) is 105 Å². The second kappa shape index (κ2) is 18.4. The molecule has 0 aliphatic heterocycles. The van der Waals surface area contributed by atoms with E-state index in [2.05, 4.69) is 158 Å². The number of para-hydroxylation sites is 3. The highest BCUT2D eigenvalue weighted by atomic mass is 15.0. The molecular weight excluding hydrogens is 931 g/mol. The third kappa shape index (κ3) is 7.49. The summed E-state index contributed by atoms with van der Waals surface area (Å²) in [6, 6.07) is 79.4. The zero-order chi connectivity index (χ0) is 51.3. The number of nitrogens with zero attached hydrogens (tertiary/aromatic N) is 9. The normalized spacial score (nSPS) is 11.1. The van der Waals surface area contributed by atoms with Crippen molar-refractivity contribution < 1.29 is 0 Å². The van der Waals surface area contributed by atoms with Crippen molar-refractivity contribution in [3.63, 3.8) is 0 Å². The molecule has 76 heavy (non-hydrogen) atoms. The smallest absolute Gasteiger partial charge is 0.184 e. The number of rotatable bonds is 8. The highest BCUT2D eigenvalue weighted by molar-refractivity contribution is 6.13. The van der Waals surface area contributed by atoms with Crippen molar-refractivity contribution in [1.29, 1.82) is 10.5 Å². The van der Waals surface area contributed by atoms with Crippen LogP contribution < -0.4 is 0 Å². The highest BCUT2D eigenvalue weighted by Crippen LogP contribution is 2.44. The molecule has 0 saturated heterocycles. The number of nitriles is 2. The summed E-state index contributed by atoms with van der Waals surface area (Å²) in [5.74, 6) is 1.64. The van der Waals surface area contributed by atoms with Crippen LogP contribution in [0.25, 0.3) is 132 Å². The summed E-state index contributed by atoms with van der Waals surface area (Å²) >= 11 is 0. The molecule has 10 aromatic carbocycles. The largest absolute Gasteiger partial charge is 0.309 e. The van der Waals surface area contributed by atoms with Crippen LogP contribution in [0.3, 0.4) is 0 Å². The lowest BCUT2D eigenvalue weighted by Crippen LogP contribution is -2.03. The maximum absolute atomic E-state index is 10.2. The Morgan fingerprint density at radius 3 is 1.46 bits per heavy atom. The van der Waals surface area contributed by atoms with Crippen LogP contribution in [-0.2, 0) is 0 Å². The Labute approximate surface area is 437 Å². The summed E-state index contributed by atoms with van der Waals surface area (Å²) < 4.78 is 4.64. The van der Waals surface area contributed by atoms with E-state index >= 15 is 0 Å². The van der Waals surface area contributed by atoms with Gasteiger partial charge < -0.3 is 9.13 Å². The fourth-order valence-corrected chi connectivity index (χ4v) is 10.6. The minimum Gasteiger partial charge on any atom is -0.309 e. The van der Waals surface area contributed by atoms with E-state index in [9.17, 15) is 10.5 Å². The van der Waals surface area contributed by atoms with Gasteiger partial charge in [-0.2, -0.15) is 10.5 Å². The maximum atomic E-state index is 10.2. The van der Waals surface area contributed by atoms with Crippen molar-refractivity contribution in [2.24, 2.45) is 0 Å². The minimum atomic E-state index is 0.424. The van der Waals surface area contributed by atoms with E-state index in [-0.39, 0.29) is 0 Å². The first kappa shape index (κ1) is 44.7. The standard InChI is InChI=1S/C67H37N9/c1-70-49-29-32-51(58(39-49)71-2)46-28-34-63-57(37-46)54-21-11-14-24-61(54)76(63)64-38-47(67-73-65(43-15-5-3-6-16-43)72-66(74-67)44-17-7-4-8-18-44)26-31-55(64)52-19-9-12-22-59(52)75-60-23-13-10-20-53(60)56-36-45(27-33-62(56)75)50-30-25-42(40-68)35-48(50)41-69/h3-39H. The van der Waals surface area contributed by atoms with Crippen LogP contribution >= 0.6 is 0 Å². The predicted octanol–water partition coefficient (Wildman–Crippen LogP) is 16.9. The molecule has 0 bridgehead atoms. The Morgan fingerprint density at radius 2 is 0.855 bits per heavy atom. The first-order chi connectivity index (χ1) is 37.5. The van der Waals surface area contributed by atoms with E-state index in [1.165, 1.54) is 0 Å². The van der Waals surface area contributed by atoms with Gasteiger partial charge in [0.05, 0.1) is 69.9 Å². The van der Waals surface area contributed by atoms with Gasteiger partial charge in [-0.1, -0.05) is 164 Å². The van der Waals surface area contributed by atoms with E-state index in [0.29, 0.717) is 40.0 Å². The third-order valence-electron chi connectivity index (χ3n) is 14.1. The van der Waals surface area contributed by atoms with Crippen molar-refractivity contribution in [3.8, 4) is 91.1 Å². The lowest BCUT2D eigenvalue weighted by Gasteiger charge is -2.20. The summed E-state index contributed by atoms with van der Waals surface area (Å²) in [6.45, 7) is 15.6. The van der Waals surface area contributed by atoms with E-state index in [4.69, 9.17) is 28.1 Å². The second-order valence-electron chi connectivity index (χ2n) is 18.4. The average Bonchev–Trinajstić information content (AvgIpc) is 4.02. The molecule has 0 aliphatic rings. The van der Waals surface area contributed by atoms with Gasteiger partial charge in [-0.15, -0.1) is 0 Å². The molecule has 9 nitrogen and oxygen atoms in total. The zero-order valence-electron chi connectivity index (χ0n) is 40.4. The zero-order valence-corrected chi connectivity index (χ0v) is 40.4. The lowest BCUT2D eigenvalue weighted by atomic mass is 9.97. The summed E-state index contributed by atoms with van der Waals surface area (Å²) in [6.07, 6.45) is 0. The van der Waals surface area contributed by atoms with Crippen LogP contribution in [0.1, 0.15) is 11.1 Å². The number of aromatic nitrogens is 5. The van der Waals surface area contributed by atoms with Gasteiger partial charge in [0.15, 0.2) is 28.8 Å². The van der Waals surface area contributed by atoms with Gasteiger partial charge in [0.25, 0.3) is 0 Å². The fraction of sp³-hybridized carbons (Fsp3) is 0. The van der Waals surface area contributed by atoms with Gasteiger partial charge in [0, 0.05) is 49.4 Å². The summed E-state index contributed by atoms with van der Waals surface area (Å²) in [7, 11) is 0. The van der Waals surface area contributed by atoms with Gasteiger partial charge in [-0.25, -0.2) is 24.6 Å². The van der Waals surface area contributed by atoms with Gasteiger partial charge in [-0.3, -0.25) is 0 Å². The monoisotopic (exact) mass is 967 g/mol. The molecule has 0 saturated carbocycles. The SMILES string of the molecule is [C-]#[N+]c1ccc(-c2ccc3c(c2)c2ccccc2n3-c2cc(-c3nc(-c4ccccc4)nc(-c4ccccc4)n3)ccc2-c2ccccc2-n2c3ccccc3c3cc(-c4ccc(C#N)cc4C#N)ccc32)c([N+]#[C-])c1. The molecule has 0 aliphatic carbocycles. The number of hydrogen-bond donors (Lipinski definition) is 0. The number of benzene rings is 10. The van der Waals surface area contributed by atoms with Crippen LogP contribution in [0.4, 0.5) is 11.4 Å². The fourth-order valence-electron chi connectivity index (χ4n) is 10.6. The molecule has 0 unspecified atom stereocenters. The summed E-state index contributed by atoms with van der Waals surface area (Å²) in [5, 5.41) is 23.9. The van der Waals surface area contributed by atoms with Gasteiger partial charge >= 0.3 is 0 Å². The van der Waals surface area contributed by atoms with E-state index in [1.807, 2.05) is 72.8 Å². The molecular formula is C67H37N9. The Morgan fingerprint density at radius 1 is 0.355 bits per heavy atom. The average molecular weight is 968 g/mol. The van der Waals surface area contributed by atoms with Gasteiger partial charge in [0.1, 0.15) is 0 Å². The van der Waals surface area contributed by atoms with Crippen LogP contribution in [0, 0.1) is 35.8 Å². The third-order valence-corrected chi connectivity index (χ3v) is 14.1.